The molecule has 0 aromatic rings. The second-order valence-corrected chi connectivity index (χ2v) is 4.92. The Hall–Kier alpha value is -1.10. The molecule has 0 radical (unpaired) electrons. The highest BCUT2D eigenvalue weighted by Crippen LogP contribution is 2.10. The molecule has 3 N–H and O–H groups in total. The van der Waals surface area contributed by atoms with Crippen LogP contribution in [0.2, 0.25) is 0 Å². The van der Waals surface area contributed by atoms with Crippen LogP contribution in [0.5, 0.6) is 0 Å². The minimum absolute atomic E-state index is 0.0293. The molecular formula is C12H23N3O2. The van der Waals surface area contributed by atoms with Crippen molar-refractivity contribution in [3.05, 3.63) is 0 Å². The standard InChI is InChI=1S/C12H23N3O2/c1-9(2)14-10(12(13)17)8-11(16)15-6-4-3-5-7-15/h9-10,14H,3-8H2,1-2H3,(H2,13,17). The summed E-state index contributed by atoms with van der Waals surface area (Å²) in [4.78, 5) is 25.0. The van der Waals surface area contributed by atoms with Gasteiger partial charge in [0.1, 0.15) is 0 Å². The van der Waals surface area contributed by atoms with Gasteiger partial charge in [-0.15, -0.1) is 0 Å². The Morgan fingerprint density at radius 2 is 1.82 bits per heavy atom. The number of nitrogens with zero attached hydrogens (tertiary/aromatic N) is 1. The molecule has 0 aromatic heterocycles. The number of likely N-dealkylation sites (tertiary alicyclic amines) is 1. The number of piperidine rings is 1. The molecule has 98 valence electrons. The van der Waals surface area contributed by atoms with Gasteiger partial charge in [0.2, 0.25) is 11.8 Å². The van der Waals surface area contributed by atoms with E-state index in [1.54, 1.807) is 0 Å². The Balaban J connectivity index is 2.47. The highest BCUT2D eigenvalue weighted by molar-refractivity contribution is 5.87. The Labute approximate surface area is 103 Å². The summed E-state index contributed by atoms with van der Waals surface area (Å²) < 4.78 is 0. The van der Waals surface area contributed by atoms with Crippen molar-refractivity contribution in [1.82, 2.24) is 10.2 Å². The molecule has 2 amide bonds. The number of nitrogens with two attached hydrogens (primary N) is 1. The average Bonchev–Trinajstić information content (AvgIpc) is 2.28. The van der Waals surface area contributed by atoms with Gasteiger partial charge in [-0.25, -0.2) is 0 Å². The lowest BCUT2D eigenvalue weighted by Gasteiger charge is -2.28. The van der Waals surface area contributed by atoms with Crippen molar-refractivity contribution in [1.29, 1.82) is 0 Å². The first-order valence-electron chi connectivity index (χ1n) is 6.34. The molecule has 1 aliphatic rings. The second kappa shape index (κ2) is 6.59. The van der Waals surface area contributed by atoms with E-state index in [-0.39, 0.29) is 18.4 Å². The molecule has 1 heterocycles. The Morgan fingerprint density at radius 1 is 1.24 bits per heavy atom. The van der Waals surface area contributed by atoms with Crippen LogP contribution in [0.3, 0.4) is 0 Å². The zero-order chi connectivity index (χ0) is 12.8. The number of carbonyl (C=O) groups excluding carboxylic acids is 2. The summed E-state index contributed by atoms with van der Waals surface area (Å²) in [6.07, 6.45) is 3.48. The maximum atomic E-state index is 12.0. The summed E-state index contributed by atoms with van der Waals surface area (Å²) in [5, 5.41) is 3.03. The summed E-state index contributed by atoms with van der Waals surface area (Å²) in [5.74, 6) is -0.425. The van der Waals surface area contributed by atoms with Gasteiger partial charge in [-0.3, -0.25) is 9.59 Å². The van der Waals surface area contributed by atoms with E-state index in [2.05, 4.69) is 5.32 Å². The first-order chi connectivity index (χ1) is 8.00. The normalized spacial score (nSPS) is 18.2. The molecule has 1 saturated heterocycles. The number of amides is 2. The lowest BCUT2D eigenvalue weighted by Crippen LogP contribution is -2.48. The van der Waals surface area contributed by atoms with Gasteiger partial charge in [-0.05, 0) is 19.3 Å². The lowest BCUT2D eigenvalue weighted by molar-refractivity contribution is -0.135. The molecule has 5 heteroatoms. The van der Waals surface area contributed by atoms with Gasteiger partial charge in [0.25, 0.3) is 0 Å². The van der Waals surface area contributed by atoms with E-state index in [4.69, 9.17) is 5.73 Å². The first kappa shape index (κ1) is 14.0. The average molecular weight is 241 g/mol. The molecular weight excluding hydrogens is 218 g/mol. The van der Waals surface area contributed by atoms with Gasteiger partial charge < -0.3 is 16.0 Å². The SMILES string of the molecule is CC(C)NC(CC(=O)N1CCCCC1)C(N)=O. The third kappa shape index (κ3) is 4.73. The van der Waals surface area contributed by atoms with E-state index in [1.165, 1.54) is 6.42 Å². The number of hydrogen-bond donors (Lipinski definition) is 2. The van der Waals surface area contributed by atoms with Crippen LogP contribution in [0.4, 0.5) is 0 Å². The van der Waals surface area contributed by atoms with Gasteiger partial charge in [0.05, 0.1) is 12.5 Å². The van der Waals surface area contributed by atoms with Crippen molar-refractivity contribution in [3.63, 3.8) is 0 Å². The van der Waals surface area contributed by atoms with Crippen molar-refractivity contribution in [2.45, 2.75) is 51.6 Å². The number of hydrogen-bond acceptors (Lipinski definition) is 3. The fraction of sp³-hybridized carbons (Fsp3) is 0.833. The monoisotopic (exact) mass is 241 g/mol. The third-order valence-corrected chi connectivity index (χ3v) is 2.97. The van der Waals surface area contributed by atoms with Crippen LogP contribution in [0.25, 0.3) is 0 Å². The number of nitrogens with one attached hydrogen (secondary N) is 1. The topological polar surface area (TPSA) is 75.4 Å². The van der Waals surface area contributed by atoms with Gasteiger partial charge >= 0.3 is 0 Å². The van der Waals surface area contributed by atoms with E-state index < -0.39 is 11.9 Å². The molecule has 5 nitrogen and oxygen atoms in total. The van der Waals surface area contributed by atoms with Crippen LogP contribution >= 0.6 is 0 Å². The summed E-state index contributed by atoms with van der Waals surface area (Å²) in [7, 11) is 0. The van der Waals surface area contributed by atoms with E-state index in [9.17, 15) is 9.59 Å². The zero-order valence-electron chi connectivity index (χ0n) is 10.7. The number of rotatable bonds is 5. The van der Waals surface area contributed by atoms with Crippen molar-refractivity contribution in [3.8, 4) is 0 Å². The zero-order valence-corrected chi connectivity index (χ0v) is 10.7. The molecule has 0 aliphatic carbocycles. The summed E-state index contributed by atoms with van der Waals surface area (Å²) in [6, 6.07) is -0.411. The van der Waals surface area contributed by atoms with E-state index >= 15 is 0 Å². The van der Waals surface area contributed by atoms with Crippen LogP contribution < -0.4 is 11.1 Å². The van der Waals surface area contributed by atoms with Crippen molar-refractivity contribution >= 4 is 11.8 Å². The van der Waals surface area contributed by atoms with E-state index in [0.717, 1.165) is 25.9 Å². The summed E-state index contributed by atoms with van der Waals surface area (Å²) >= 11 is 0. The van der Waals surface area contributed by atoms with Crippen LogP contribution in [-0.4, -0.2) is 41.9 Å². The van der Waals surface area contributed by atoms with Crippen LogP contribution in [0.1, 0.15) is 39.5 Å². The maximum absolute atomic E-state index is 12.0. The quantitative estimate of drug-likeness (QED) is 0.724. The molecule has 1 atom stereocenters. The predicted molar refractivity (Wildman–Crippen MR) is 66.3 cm³/mol. The fourth-order valence-corrected chi connectivity index (χ4v) is 2.09. The van der Waals surface area contributed by atoms with Crippen LogP contribution in [0, 0.1) is 0 Å². The van der Waals surface area contributed by atoms with Gasteiger partial charge in [-0.1, -0.05) is 13.8 Å². The summed E-state index contributed by atoms with van der Waals surface area (Å²) in [5.41, 5.74) is 5.29. The van der Waals surface area contributed by atoms with Crippen LogP contribution in [-0.2, 0) is 9.59 Å². The fourth-order valence-electron chi connectivity index (χ4n) is 2.09. The van der Waals surface area contributed by atoms with Crippen molar-refractivity contribution in [2.24, 2.45) is 5.73 Å². The minimum Gasteiger partial charge on any atom is -0.368 e. The van der Waals surface area contributed by atoms with Gasteiger partial charge in [0.15, 0.2) is 0 Å². The van der Waals surface area contributed by atoms with Crippen molar-refractivity contribution in [2.75, 3.05) is 13.1 Å². The smallest absolute Gasteiger partial charge is 0.235 e. The van der Waals surface area contributed by atoms with E-state index in [0.29, 0.717) is 0 Å². The molecule has 1 fully saturated rings. The Morgan fingerprint density at radius 3 is 2.29 bits per heavy atom. The molecule has 17 heavy (non-hydrogen) atoms. The lowest BCUT2D eigenvalue weighted by atomic mass is 10.1. The minimum atomic E-state index is -0.551. The highest BCUT2D eigenvalue weighted by Gasteiger charge is 2.24. The molecule has 0 spiro atoms. The molecule has 1 rings (SSSR count). The van der Waals surface area contributed by atoms with Crippen molar-refractivity contribution < 1.29 is 9.59 Å². The van der Waals surface area contributed by atoms with Gasteiger partial charge in [-0.2, -0.15) is 0 Å². The predicted octanol–water partition coefficient (Wildman–Crippen LogP) is 0.241. The first-order valence-corrected chi connectivity index (χ1v) is 6.34. The second-order valence-electron chi connectivity index (χ2n) is 4.92. The molecule has 0 aromatic carbocycles. The molecule has 0 saturated carbocycles. The molecule has 1 unspecified atom stereocenters. The largest absolute Gasteiger partial charge is 0.368 e. The highest BCUT2D eigenvalue weighted by atomic mass is 16.2. The third-order valence-electron chi connectivity index (χ3n) is 2.97. The van der Waals surface area contributed by atoms with Crippen LogP contribution in [0.15, 0.2) is 0 Å². The number of carbonyl (C=O) groups is 2. The maximum Gasteiger partial charge on any atom is 0.235 e. The number of primary amides is 1. The Kier molecular flexibility index (Phi) is 5.41. The molecule has 1 aliphatic heterocycles. The Bertz CT molecular complexity index is 273. The van der Waals surface area contributed by atoms with Gasteiger partial charge in [0, 0.05) is 19.1 Å². The summed E-state index contributed by atoms with van der Waals surface area (Å²) in [6.45, 7) is 5.49. The van der Waals surface area contributed by atoms with E-state index in [1.807, 2.05) is 18.7 Å². The molecule has 0 bridgehead atoms.